The highest BCUT2D eigenvalue weighted by molar-refractivity contribution is 5.67. The van der Waals surface area contributed by atoms with Crippen LogP contribution in [0.1, 0.15) is 34.6 Å². The Kier molecular flexibility index (Phi) is 7.59. The van der Waals surface area contributed by atoms with Gasteiger partial charge in [0.15, 0.2) is 18.5 Å². The molecule has 0 aromatic heterocycles. The molecule has 0 bridgehead atoms. The molecule has 0 unspecified atom stereocenters. The molecule has 5 atom stereocenters. The molecule has 1 aliphatic rings. The summed E-state index contributed by atoms with van der Waals surface area (Å²) in [5.41, 5.74) is 6.08. The van der Waals surface area contributed by atoms with Gasteiger partial charge in [0, 0.05) is 20.8 Å². The van der Waals surface area contributed by atoms with Gasteiger partial charge in [-0.1, -0.05) is 0 Å². The summed E-state index contributed by atoms with van der Waals surface area (Å²) in [5.74, 6) is -1.73. The average molecular weight is 347 g/mol. The molecule has 24 heavy (non-hydrogen) atoms. The van der Waals surface area contributed by atoms with Gasteiger partial charge in [-0.2, -0.15) is 0 Å². The summed E-state index contributed by atoms with van der Waals surface area (Å²) in [7, 11) is 0. The van der Waals surface area contributed by atoms with Gasteiger partial charge in [-0.05, 0) is 13.8 Å². The lowest BCUT2D eigenvalue weighted by molar-refractivity contribution is -0.281. The summed E-state index contributed by atoms with van der Waals surface area (Å²) >= 11 is 0. The molecular weight excluding hydrogens is 322 g/mol. The van der Waals surface area contributed by atoms with Gasteiger partial charge < -0.3 is 29.4 Å². The third kappa shape index (κ3) is 6.06. The van der Waals surface area contributed by atoms with E-state index in [0.29, 0.717) is 0 Å². The van der Waals surface area contributed by atoms with Gasteiger partial charge in [0.25, 0.3) is 0 Å². The third-order valence-corrected chi connectivity index (χ3v) is 3.15. The summed E-state index contributed by atoms with van der Waals surface area (Å²) in [6, 6.07) is -0.880. The molecule has 1 rings (SSSR count). The van der Waals surface area contributed by atoms with Crippen LogP contribution >= 0.6 is 0 Å². The van der Waals surface area contributed by atoms with Crippen LogP contribution in [0.3, 0.4) is 0 Å². The van der Waals surface area contributed by atoms with Crippen molar-refractivity contribution in [1.29, 1.82) is 0 Å². The Morgan fingerprint density at radius 3 is 2.00 bits per heavy atom. The van der Waals surface area contributed by atoms with Gasteiger partial charge in [-0.3, -0.25) is 14.4 Å². The SMILES string of the molecule is CC(=O)OC[C@H]1O[C@@H](OC(C)C)[C@H](N)[C@@H](OC(C)=O)[C@@H]1OC(C)=O. The van der Waals surface area contributed by atoms with Crippen LogP contribution in [0.2, 0.25) is 0 Å². The minimum atomic E-state index is -1.02. The Morgan fingerprint density at radius 1 is 1.00 bits per heavy atom. The molecule has 9 heteroatoms. The summed E-state index contributed by atoms with van der Waals surface area (Å²) < 4.78 is 26.7. The largest absolute Gasteiger partial charge is 0.463 e. The van der Waals surface area contributed by atoms with E-state index in [-0.39, 0.29) is 12.7 Å². The molecule has 0 aromatic carbocycles. The first kappa shape index (κ1) is 20.3. The second-order valence-electron chi connectivity index (χ2n) is 5.76. The third-order valence-electron chi connectivity index (χ3n) is 3.15. The molecule has 2 N–H and O–H groups in total. The van der Waals surface area contributed by atoms with Crippen molar-refractivity contribution in [3.63, 3.8) is 0 Å². The molecule has 0 saturated carbocycles. The van der Waals surface area contributed by atoms with E-state index in [1.165, 1.54) is 20.8 Å². The van der Waals surface area contributed by atoms with E-state index in [0.717, 1.165) is 0 Å². The molecule has 1 saturated heterocycles. The van der Waals surface area contributed by atoms with Crippen LogP contribution in [-0.4, -0.2) is 61.3 Å². The highest BCUT2D eigenvalue weighted by Gasteiger charge is 2.49. The lowest BCUT2D eigenvalue weighted by Gasteiger charge is -2.43. The summed E-state index contributed by atoms with van der Waals surface area (Å²) in [6.45, 7) is 7.03. The van der Waals surface area contributed by atoms with Crippen molar-refractivity contribution in [2.45, 2.75) is 71.4 Å². The predicted octanol–water partition coefficient (Wildman–Crippen LogP) is -0.110. The Bertz CT molecular complexity index is 466. The first-order valence-electron chi connectivity index (χ1n) is 7.66. The van der Waals surface area contributed by atoms with Crippen LogP contribution in [0.5, 0.6) is 0 Å². The maximum Gasteiger partial charge on any atom is 0.303 e. The predicted molar refractivity (Wildman–Crippen MR) is 80.6 cm³/mol. The van der Waals surface area contributed by atoms with Crippen LogP contribution in [0.15, 0.2) is 0 Å². The van der Waals surface area contributed by atoms with Gasteiger partial charge >= 0.3 is 17.9 Å². The zero-order valence-corrected chi connectivity index (χ0v) is 14.5. The van der Waals surface area contributed by atoms with Crippen LogP contribution in [0.4, 0.5) is 0 Å². The van der Waals surface area contributed by atoms with E-state index in [2.05, 4.69) is 0 Å². The topological polar surface area (TPSA) is 123 Å². The van der Waals surface area contributed by atoms with Gasteiger partial charge in [-0.15, -0.1) is 0 Å². The molecular formula is C15H25NO8. The Balaban J connectivity index is 3.06. The van der Waals surface area contributed by atoms with Crippen molar-refractivity contribution in [2.75, 3.05) is 6.61 Å². The van der Waals surface area contributed by atoms with Crippen molar-refractivity contribution in [3.8, 4) is 0 Å². The number of nitrogens with two attached hydrogens (primary N) is 1. The van der Waals surface area contributed by atoms with E-state index < -0.39 is 48.6 Å². The smallest absolute Gasteiger partial charge is 0.303 e. The molecule has 9 nitrogen and oxygen atoms in total. The van der Waals surface area contributed by atoms with E-state index in [1.54, 1.807) is 13.8 Å². The molecule has 1 aliphatic heterocycles. The van der Waals surface area contributed by atoms with Crippen molar-refractivity contribution >= 4 is 17.9 Å². The number of ether oxygens (including phenoxy) is 5. The van der Waals surface area contributed by atoms with Gasteiger partial charge in [0.2, 0.25) is 0 Å². The number of esters is 3. The zero-order valence-electron chi connectivity index (χ0n) is 14.5. The van der Waals surface area contributed by atoms with Crippen LogP contribution in [0.25, 0.3) is 0 Å². The highest BCUT2D eigenvalue weighted by Crippen LogP contribution is 2.27. The Hall–Kier alpha value is -1.71. The Morgan fingerprint density at radius 2 is 1.54 bits per heavy atom. The van der Waals surface area contributed by atoms with Gasteiger partial charge in [0.1, 0.15) is 12.7 Å². The summed E-state index contributed by atoms with van der Waals surface area (Å²) in [5, 5.41) is 0. The maximum absolute atomic E-state index is 11.4. The maximum atomic E-state index is 11.4. The van der Waals surface area contributed by atoms with Crippen LogP contribution in [-0.2, 0) is 38.1 Å². The lowest BCUT2D eigenvalue weighted by Crippen LogP contribution is -2.65. The minimum Gasteiger partial charge on any atom is -0.463 e. The minimum absolute atomic E-state index is 0.199. The molecule has 0 radical (unpaired) electrons. The van der Waals surface area contributed by atoms with Crippen molar-refractivity contribution < 1.29 is 38.1 Å². The van der Waals surface area contributed by atoms with E-state index in [4.69, 9.17) is 29.4 Å². The fourth-order valence-electron chi connectivity index (χ4n) is 2.32. The summed E-state index contributed by atoms with van der Waals surface area (Å²) in [4.78, 5) is 33.9. The molecule has 0 aliphatic carbocycles. The number of carbonyl (C=O) groups is 3. The van der Waals surface area contributed by atoms with Crippen LogP contribution < -0.4 is 5.73 Å². The van der Waals surface area contributed by atoms with E-state index in [9.17, 15) is 14.4 Å². The lowest BCUT2D eigenvalue weighted by atomic mass is 9.97. The van der Waals surface area contributed by atoms with Gasteiger partial charge in [0.05, 0.1) is 12.1 Å². The molecule has 1 heterocycles. The summed E-state index contributed by atoms with van der Waals surface area (Å²) in [6.07, 6.45) is -4.02. The van der Waals surface area contributed by atoms with Gasteiger partial charge in [-0.25, -0.2) is 0 Å². The Labute approximate surface area is 140 Å². The fourth-order valence-corrected chi connectivity index (χ4v) is 2.32. The monoisotopic (exact) mass is 347 g/mol. The fraction of sp³-hybridized carbons (Fsp3) is 0.800. The highest BCUT2D eigenvalue weighted by atomic mass is 16.7. The number of hydrogen-bond donors (Lipinski definition) is 1. The standard InChI is InChI=1S/C15H25NO8/c1-7(2)21-15-12(16)14(23-10(5)19)13(22-9(4)18)11(24-15)6-20-8(3)17/h7,11-15H,6,16H2,1-5H3/t11-,12-,13-,14-,15-/m1/s1. The van der Waals surface area contributed by atoms with Crippen LogP contribution in [0, 0.1) is 0 Å². The number of carbonyl (C=O) groups excluding carboxylic acids is 3. The van der Waals surface area contributed by atoms with E-state index in [1.807, 2.05) is 0 Å². The average Bonchev–Trinajstić information content (AvgIpc) is 2.42. The quantitative estimate of drug-likeness (QED) is 0.517. The van der Waals surface area contributed by atoms with Crippen molar-refractivity contribution in [1.82, 2.24) is 0 Å². The first-order chi connectivity index (χ1) is 11.1. The van der Waals surface area contributed by atoms with Crippen molar-refractivity contribution in [3.05, 3.63) is 0 Å². The molecule has 138 valence electrons. The normalized spacial score (nSPS) is 29.9. The zero-order chi connectivity index (χ0) is 18.4. The number of rotatable bonds is 6. The molecule has 0 amide bonds. The number of hydrogen-bond acceptors (Lipinski definition) is 9. The second kappa shape index (κ2) is 8.95. The van der Waals surface area contributed by atoms with Crippen molar-refractivity contribution in [2.24, 2.45) is 5.73 Å². The molecule has 1 fully saturated rings. The van der Waals surface area contributed by atoms with E-state index >= 15 is 0 Å². The second-order valence-corrected chi connectivity index (χ2v) is 5.76. The molecule has 0 aromatic rings. The first-order valence-corrected chi connectivity index (χ1v) is 7.66. The molecule has 0 spiro atoms.